The molecule has 7 nitrogen and oxygen atoms in total. The van der Waals surface area contributed by atoms with Crippen molar-refractivity contribution < 1.29 is 19.9 Å². The molecule has 0 heterocycles. The van der Waals surface area contributed by atoms with E-state index in [0.717, 1.165) is 0 Å². The molecule has 0 radical (unpaired) electrons. The minimum Gasteiger partial charge on any atom is -0.477 e. The van der Waals surface area contributed by atoms with E-state index in [1.807, 2.05) is 0 Å². The predicted octanol–water partition coefficient (Wildman–Crippen LogP) is 1.48. The third-order valence-corrected chi connectivity index (χ3v) is 2.35. The Balaban J connectivity index is 2.93. The number of hydrogen-bond acceptors (Lipinski definition) is 5. The van der Waals surface area contributed by atoms with Crippen LogP contribution in [0.15, 0.2) is 18.2 Å². The lowest BCUT2D eigenvalue weighted by Crippen LogP contribution is -2.09. The smallest absolute Gasteiger partial charge is 0.342 e. The molecule has 0 amide bonds. The summed E-state index contributed by atoms with van der Waals surface area (Å²) in [6.07, 6.45) is 1.23. The van der Waals surface area contributed by atoms with E-state index >= 15 is 0 Å². The van der Waals surface area contributed by atoms with Gasteiger partial charge in [0.2, 0.25) is 0 Å². The molecule has 0 aliphatic carbocycles. The molecule has 7 heteroatoms. The van der Waals surface area contributed by atoms with Crippen LogP contribution in [0, 0.1) is 10.1 Å². The van der Waals surface area contributed by atoms with E-state index < -0.39 is 16.6 Å². The zero-order chi connectivity index (χ0) is 13.5. The molecule has 0 fully saturated rings. The topological polar surface area (TPSA) is 113 Å². The molecule has 18 heavy (non-hydrogen) atoms. The Hall–Kier alpha value is -2.15. The number of carbonyl (C=O) groups is 1. The zero-order valence-electron chi connectivity index (χ0n) is 9.63. The first-order valence-electron chi connectivity index (χ1n) is 5.43. The average molecular weight is 254 g/mol. The summed E-state index contributed by atoms with van der Waals surface area (Å²) in [5.41, 5.74) is -0.598. The molecule has 0 bridgehead atoms. The molecule has 1 aromatic rings. The number of rotatable bonds is 7. The fraction of sp³-hybridized carbons (Fsp3) is 0.364. The highest BCUT2D eigenvalue weighted by atomic mass is 16.6. The Morgan fingerprint density at radius 2 is 2.11 bits per heavy atom. The monoisotopic (exact) mass is 254 g/mol. The SMILES string of the molecule is O=C(O)c1cccc(NCCCCO)c1[N+](=O)[O-]. The lowest BCUT2D eigenvalue weighted by atomic mass is 10.1. The normalized spacial score (nSPS) is 10.1. The van der Waals surface area contributed by atoms with Crippen LogP contribution in [-0.2, 0) is 0 Å². The van der Waals surface area contributed by atoms with Crippen molar-refractivity contribution in [1.82, 2.24) is 0 Å². The van der Waals surface area contributed by atoms with Gasteiger partial charge in [-0.2, -0.15) is 0 Å². The molecule has 1 aromatic carbocycles. The van der Waals surface area contributed by atoms with Crippen molar-refractivity contribution in [3.05, 3.63) is 33.9 Å². The van der Waals surface area contributed by atoms with Crippen molar-refractivity contribution in [2.24, 2.45) is 0 Å². The summed E-state index contributed by atoms with van der Waals surface area (Å²) in [5, 5.41) is 31.2. The van der Waals surface area contributed by atoms with Gasteiger partial charge in [-0.15, -0.1) is 0 Å². The summed E-state index contributed by atoms with van der Waals surface area (Å²) in [4.78, 5) is 21.1. The van der Waals surface area contributed by atoms with Gasteiger partial charge in [0.25, 0.3) is 0 Å². The predicted molar refractivity (Wildman–Crippen MR) is 64.9 cm³/mol. The first-order chi connectivity index (χ1) is 8.57. The molecule has 3 N–H and O–H groups in total. The maximum atomic E-state index is 10.9. The Morgan fingerprint density at radius 3 is 2.67 bits per heavy atom. The van der Waals surface area contributed by atoms with Crippen LogP contribution in [0.5, 0.6) is 0 Å². The van der Waals surface area contributed by atoms with Crippen LogP contribution in [0.2, 0.25) is 0 Å². The van der Waals surface area contributed by atoms with Crippen LogP contribution in [0.3, 0.4) is 0 Å². The Labute approximate surface area is 103 Å². The van der Waals surface area contributed by atoms with E-state index in [-0.39, 0.29) is 17.9 Å². The first kappa shape index (κ1) is 13.9. The second-order valence-electron chi connectivity index (χ2n) is 3.62. The van der Waals surface area contributed by atoms with Gasteiger partial charge in [-0.05, 0) is 25.0 Å². The van der Waals surface area contributed by atoms with Crippen molar-refractivity contribution in [2.75, 3.05) is 18.5 Å². The van der Waals surface area contributed by atoms with Gasteiger partial charge >= 0.3 is 11.7 Å². The van der Waals surface area contributed by atoms with E-state index in [1.165, 1.54) is 18.2 Å². The van der Waals surface area contributed by atoms with E-state index in [2.05, 4.69) is 5.32 Å². The van der Waals surface area contributed by atoms with Crippen molar-refractivity contribution in [3.63, 3.8) is 0 Å². The van der Waals surface area contributed by atoms with Crippen molar-refractivity contribution in [2.45, 2.75) is 12.8 Å². The second kappa shape index (κ2) is 6.55. The minimum absolute atomic E-state index is 0.0545. The number of aliphatic hydroxyl groups is 1. The quantitative estimate of drug-likeness (QED) is 0.386. The summed E-state index contributed by atoms with van der Waals surface area (Å²) < 4.78 is 0. The summed E-state index contributed by atoms with van der Waals surface area (Å²) in [6, 6.07) is 4.10. The van der Waals surface area contributed by atoms with Gasteiger partial charge in [0.15, 0.2) is 0 Å². The van der Waals surface area contributed by atoms with Crippen molar-refractivity contribution in [1.29, 1.82) is 0 Å². The fourth-order valence-corrected chi connectivity index (χ4v) is 1.52. The van der Waals surface area contributed by atoms with Crippen molar-refractivity contribution in [3.8, 4) is 0 Å². The van der Waals surface area contributed by atoms with Crippen LogP contribution >= 0.6 is 0 Å². The zero-order valence-corrected chi connectivity index (χ0v) is 9.63. The molecular weight excluding hydrogens is 240 g/mol. The van der Waals surface area contributed by atoms with Crippen LogP contribution in [0.4, 0.5) is 11.4 Å². The van der Waals surface area contributed by atoms with Gasteiger partial charge < -0.3 is 15.5 Å². The number of aromatic carboxylic acids is 1. The highest BCUT2D eigenvalue weighted by Gasteiger charge is 2.23. The number of nitrogens with zero attached hydrogens (tertiary/aromatic N) is 1. The number of carboxylic acids is 1. The maximum absolute atomic E-state index is 10.9. The third kappa shape index (κ3) is 3.42. The van der Waals surface area contributed by atoms with E-state index in [0.29, 0.717) is 19.4 Å². The molecule has 0 atom stereocenters. The molecule has 0 saturated heterocycles. The van der Waals surface area contributed by atoms with Crippen LogP contribution in [-0.4, -0.2) is 34.3 Å². The molecule has 98 valence electrons. The van der Waals surface area contributed by atoms with E-state index in [4.69, 9.17) is 10.2 Å². The lowest BCUT2D eigenvalue weighted by molar-refractivity contribution is -0.384. The Bertz CT molecular complexity index is 447. The summed E-state index contributed by atoms with van der Waals surface area (Å²) in [7, 11) is 0. The van der Waals surface area contributed by atoms with E-state index in [9.17, 15) is 14.9 Å². The number of aliphatic hydroxyl groups excluding tert-OH is 1. The minimum atomic E-state index is -1.33. The van der Waals surface area contributed by atoms with E-state index in [1.54, 1.807) is 0 Å². The van der Waals surface area contributed by atoms with Gasteiger partial charge in [0.1, 0.15) is 11.3 Å². The number of anilines is 1. The number of nitro benzene ring substituents is 1. The highest BCUT2D eigenvalue weighted by molar-refractivity contribution is 5.95. The number of hydrogen-bond donors (Lipinski definition) is 3. The van der Waals surface area contributed by atoms with Gasteiger partial charge in [-0.1, -0.05) is 6.07 Å². The molecular formula is C11H14N2O5. The van der Waals surface area contributed by atoms with Gasteiger partial charge in [-0.3, -0.25) is 10.1 Å². The fourth-order valence-electron chi connectivity index (χ4n) is 1.52. The van der Waals surface area contributed by atoms with Crippen LogP contribution in [0.25, 0.3) is 0 Å². The standard InChI is InChI=1S/C11H14N2O5/c14-7-2-1-6-12-9-5-3-4-8(11(15)16)10(9)13(17)18/h3-5,12,14H,1-2,6-7H2,(H,15,16). The molecule has 1 rings (SSSR count). The molecule has 0 aliphatic heterocycles. The first-order valence-corrected chi connectivity index (χ1v) is 5.43. The Morgan fingerprint density at radius 1 is 1.39 bits per heavy atom. The number of unbranched alkanes of at least 4 members (excludes halogenated alkanes) is 1. The largest absolute Gasteiger partial charge is 0.477 e. The van der Waals surface area contributed by atoms with Crippen LogP contribution < -0.4 is 5.32 Å². The van der Waals surface area contributed by atoms with Gasteiger partial charge in [0.05, 0.1) is 4.92 Å². The molecule has 0 saturated carbocycles. The number of para-hydroxylation sites is 1. The van der Waals surface area contributed by atoms with Gasteiger partial charge in [-0.25, -0.2) is 4.79 Å². The number of benzene rings is 1. The molecule has 0 spiro atoms. The molecule has 0 aromatic heterocycles. The highest BCUT2D eigenvalue weighted by Crippen LogP contribution is 2.28. The van der Waals surface area contributed by atoms with Crippen molar-refractivity contribution >= 4 is 17.3 Å². The third-order valence-electron chi connectivity index (χ3n) is 2.35. The van der Waals surface area contributed by atoms with Crippen LogP contribution in [0.1, 0.15) is 23.2 Å². The maximum Gasteiger partial charge on any atom is 0.342 e. The molecule has 0 aliphatic rings. The number of nitro groups is 1. The summed E-state index contributed by atoms with van der Waals surface area (Å²) in [6.45, 7) is 0.489. The lowest BCUT2D eigenvalue weighted by Gasteiger charge is -2.08. The molecule has 0 unspecified atom stereocenters. The second-order valence-corrected chi connectivity index (χ2v) is 3.62. The summed E-state index contributed by atoms with van der Waals surface area (Å²) >= 11 is 0. The van der Waals surface area contributed by atoms with Gasteiger partial charge in [0, 0.05) is 13.2 Å². The Kier molecular flexibility index (Phi) is 5.06. The number of carboxylic acid groups (broad SMARTS) is 1. The average Bonchev–Trinajstić information content (AvgIpc) is 2.33. The number of nitrogens with one attached hydrogen (secondary N) is 1. The summed E-state index contributed by atoms with van der Waals surface area (Å²) in [5.74, 6) is -1.33.